The summed E-state index contributed by atoms with van der Waals surface area (Å²) in [4.78, 5) is 12.8. The fourth-order valence-electron chi connectivity index (χ4n) is 6.33. The average molecular weight is 316 g/mol. The Hall–Kier alpha value is -1.32. The minimum absolute atomic E-state index is 0.00356. The van der Waals surface area contributed by atoms with Crippen LogP contribution in [0.3, 0.4) is 0 Å². The molecule has 4 aliphatic carbocycles. The molecule has 0 aliphatic heterocycles. The Kier molecular flexibility index (Phi) is 3.54. The molecule has 126 valence electrons. The zero-order chi connectivity index (χ0) is 16.2. The van der Waals surface area contributed by atoms with E-state index in [0.29, 0.717) is 22.4 Å². The van der Waals surface area contributed by atoms with Gasteiger partial charge in [0.1, 0.15) is 11.3 Å². The van der Waals surface area contributed by atoms with Gasteiger partial charge in [-0.15, -0.1) is 0 Å². The lowest BCUT2D eigenvalue weighted by Crippen LogP contribution is -2.56. The molecule has 1 aromatic rings. The normalized spacial score (nSPS) is 36.2. The first-order chi connectivity index (χ1) is 11.0. The minimum atomic E-state index is 0.00356. The summed E-state index contributed by atoms with van der Waals surface area (Å²) in [5.74, 6) is 3.35. The van der Waals surface area contributed by atoms with Gasteiger partial charge in [0.05, 0.1) is 5.69 Å². The van der Waals surface area contributed by atoms with Gasteiger partial charge in [-0.1, -0.05) is 12.1 Å². The summed E-state index contributed by atoms with van der Waals surface area (Å²) in [7, 11) is 0. The molecule has 0 unspecified atom stereocenters. The summed E-state index contributed by atoms with van der Waals surface area (Å²) in [6.45, 7) is 5.88. The lowest BCUT2D eigenvalue weighted by atomic mass is 9.47. The highest BCUT2D eigenvalue weighted by Gasteiger charge is 2.54. The molecule has 4 heteroatoms. The molecular weight excluding hydrogens is 288 g/mol. The van der Waals surface area contributed by atoms with Gasteiger partial charge in [0.2, 0.25) is 0 Å². The highest BCUT2D eigenvalue weighted by molar-refractivity contribution is 5.96. The molecule has 4 aliphatic rings. The summed E-state index contributed by atoms with van der Waals surface area (Å²) in [5.41, 5.74) is 1.67. The van der Waals surface area contributed by atoms with Gasteiger partial charge >= 0.3 is 0 Å². The zero-order valence-electron chi connectivity index (χ0n) is 14.5. The molecule has 4 nitrogen and oxygen atoms in total. The van der Waals surface area contributed by atoms with E-state index in [1.807, 2.05) is 13.8 Å². The number of hydrogen-bond acceptors (Lipinski definition) is 3. The zero-order valence-corrected chi connectivity index (χ0v) is 14.5. The summed E-state index contributed by atoms with van der Waals surface area (Å²) in [5, 5.41) is 7.30. The highest BCUT2D eigenvalue weighted by Crippen LogP contribution is 2.61. The van der Waals surface area contributed by atoms with Crippen LogP contribution >= 0.6 is 0 Å². The molecule has 4 saturated carbocycles. The lowest BCUT2D eigenvalue weighted by Gasteiger charge is -2.59. The van der Waals surface area contributed by atoms with Crippen molar-refractivity contribution in [2.24, 2.45) is 23.2 Å². The maximum absolute atomic E-state index is 12.8. The van der Waals surface area contributed by atoms with E-state index in [1.54, 1.807) is 0 Å². The molecule has 0 spiro atoms. The Morgan fingerprint density at radius 3 is 2.22 bits per heavy atom. The first-order valence-electron chi connectivity index (χ1n) is 9.24. The second-order valence-electron chi connectivity index (χ2n) is 8.41. The van der Waals surface area contributed by atoms with Crippen LogP contribution in [0.25, 0.3) is 0 Å². The van der Waals surface area contributed by atoms with Crippen LogP contribution in [0.2, 0.25) is 0 Å². The van der Waals surface area contributed by atoms with E-state index in [2.05, 4.69) is 17.4 Å². The van der Waals surface area contributed by atoms with Crippen molar-refractivity contribution in [2.45, 2.75) is 71.8 Å². The van der Waals surface area contributed by atoms with E-state index >= 15 is 0 Å². The number of nitrogens with zero attached hydrogens (tertiary/aromatic N) is 1. The van der Waals surface area contributed by atoms with Gasteiger partial charge in [-0.3, -0.25) is 4.79 Å². The lowest BCUT2D eigenvalue weighted by molar-refractivity contribution is -0.0727. The molecular formula is C19H28N2O2. The van der Waals surface area contributed by atoms with Crippen LogP contribution in [-0.4, -0.2) is 17.1 Å². The molecule has 5 rings (SSSR count). The van der Waals surface area contributed by atoms with Crippen LogP contribution in [0.15, 0.2) is 4.52 Å². The third-order valence-corrected chi connectivity index (χ3v) is 6.80. The largest absolute Gasteiger partial charge is 0.361 e. The first-order valence-corrected chi connectivity index (χ1v) is 9.24. The molecule has 0 radical (unpaired) electrons. The van der Waals surface area contributed by atoms with Crippen molar-refractivity contribution in [3.05, 3.63) is 17.0 Å². The Morgan fingerprint density at radius 2 is 1.78 bits per heavy atom. The number of hydrogen-bond donors (Lipinski definition) is 1. The molecule has 1 heterocycles. The highest BCUT2D eigenvalue weighted by atomic mass is 16.5. The van der Waals surface area contributed by atoms with E-state index in [4.69, 9.17) is 4.52 Å². The SMILES string of the molecule is CC[C@H](NC(=O)c1c(C)noc1C)C12CC3CC(CC(C3)C1)C2. The monoisotopic (exact) mass is 316 g/mol. The van der Waals surface area contributed by atoms with Gasteiger partial charge in [0.25, 0.3) is 5.91 Å². The molecule has 4 fully saturated rings. The standard InChI is InChI=1S/C19H28N2O2/c1-4-16(20-18(22)17-11(2)21-23-12(17)3)19-8-13-5-14(9-19)7-15(6-13)10-19/h13-16H,4-10H2,1-3H3,(H,20,22)/t13?,14?,15?,16-,19?/m0/s1. The third kappa shape index (κ3) is 2.41. The predicted octanol–water partition coefficient (Wildman–Crippen LogP) is 4.02. The van der Waals surface area contributed by atoms with Gasteiger partial charge in [0.15, 0.2) is 0 Å². The van der Waals surface area contributed by atoms with Gasteiger partial charge in [-0.05, 0) is 82.0 Å². The number of carbonyl (C=O) groups excluding carboxylic acids is 1. The molecule has 1 amide bonds. The molecule has 23 heavy (non-hydrogen) atoms. The fourth-order valence-corrected chi connectivity index (χ4v) is 6.33. The van der Waals surface area contributed by atoms with Crippen molar-refractivity contribution >= 4 is 5.91 Å². The Bertz CT molecular complexity index is 564. The van der Waals surface area contributed by atoms with Crippen LogP contribution in [0, 0.1) is 37.0 Å². The quantitative estimate of drug-likeness (QED) is 0.913. The minimum Gasteiger partial charge on any atom is -0.361 e. The third-order valence-electron chi connectivity index (χ3n) is 6.80. The van der Waals surface area contributed by atoms with E-state index in [9.17, 15) is 4.79 Å². The molecule has 4 bridgehead atoms. The Labute approximate surface area is 138 Å². The van der Waals surface area contributed by atoms with Crippen molar-refractivity contribution in [3.8, 4) is 0 Å². The van der Waals surface area contributed by atoms with Crippen molar-refractivity contribution in [1.82, 2.24) is 10.5 Å². The number of amides is 1. The summed E-state index contributed by atoms with van der Waals surface area (Å²) in [6, 6.07) is 0.289. The topological polar surface area (TPSA) is 55.1 Å². The maximum Gasteiger partial charge on any atom is 0.257 e. The summed E-state index contributed by atoms with van der Waals surface area (Å²) in [6.07, 6.45) is 9.29. The second-order valence-corrected chi connectivity index (χ2v) is 8.41. The smallest absolute Gasteiger partial charge is 0.257 e. The average Bonchev–Trinajstić information content (AvgIpc) is 2.82. The maximum atomic E-state index is 12.8. The van der Waals surface area contributed by atoms with Crippen LogP contribution in [0.1, 0.15) is 73.7 Å². The summed E-state index contributed by atoms with van der Waals surface area (Å²) < 4.78 is 5.17. The van der Waals surface area contributed by atoms with Gasteiger partial charge in [-0.25, -0.2) is 0 Å². The van der Waals surface area contributed by atoms with Crippen molar-refractivity contribution < 1.29 is 9.32 Å². The van der Waals surface area contributed by atoms with Gasteiger partial charge < -0.3 is 9.84 Å². The van der Waals surface area contributed by atoms with Crippen LogP contribution < -0.4 is 5.32 Å². The number of aryl methyl sites for hydroxylation is 2. The molecule has 1 N–H and O–H groups in total. The van der Waals surface area contributed by atoms with Gasteiger partial charge in [0, 0.05) is 6.04 Å². The van der Waals surface area contributed by atoms with Crippen LogP contribution in [0.4, 0.5) is 0 Å². The number of nitrogens with one attached hydrogen (secondary N) is 1. The van der Waals surface area contributed by atoms with E-state index in [0.717, 1.165) is 24.2 Å². The molecule has 0 aromatic carbocycles. The van der Waals surface area contributed by atoms with Crippen LogP contribution in [0.5, 0.6) is 0 Å². The Morgan fingerprint density at radius 1 is 1.22 bits per heavy atom. The van der Waals surface area contributed by atoms with E-state index in [-0.39, 0.29) is 11.9 Å². The molecule has 0 saturated heterocycles. The van der Waals surface area contributed by atoms with Crippen molar-refractivity contribution in [3.63, 3.8) is 0 Å². The van der Waals surface area contributed by atoms with Crippen LogP contribution in [-0.2, 0) is 0 Å². The molecule has 1 atom stereocenters. The second kappa shape index (κ2) is 5.35. The molecule has 1 aromatic heterocycles. The van der Waals surface area contributed by atoms with E-state index < -0.39 is 0 Å². The number of aromatic nitrogens is 1. The van der Waals surface area contributed by atoms with Crippen molar-refractivity contribution in [2.75, 3.05) is 0 Å². The predicted molar refractivity (Wildman–Crippen MR) is 88.1 cm³/mol. The number of carbonyl (C=O) groups is 1. The first kappa shape index (κ1) is 15.2. The van der Waals surface area contributed by atoms with E-state index in [1.165, 1.54) is 38.5 Å². The van der Waals surface area contributed by atoms with Crippen molar-refractivity contribution in [1.29, 1.82) is 0 Å². The Balaban J connectivity index is 1.56. The summed E-state index contributed by atoms with van der Waals surface area (Å²) >= 11 is 0. The van der Waals surface area contributed by atoms with Gasteiger partial charge in [-0.2, -0.15) is 0 Å². The fraction of sp³-hybridized carbons (Fsp3) is 0.789. The number of rotatable bonds is 4.